The molecule has 0 radical (unpaired) electrons. The van der Waals surface area contributed by atoms with Crippen LogP contribution in [-0.2, 0) is 6.42 Å². The molecule has 0 bridgehead atoms. The molecule has 1 N–H and O–H groups in total. The van der Waals surface area contributed by atoms with Crippen molar-refractivity contribution < 1.29 is 0 Å². The summed E-state index contributed by atoms with van der Waals surface area (Å²) < 4.78 is 3.03. The minimum atomic E-state index is 0.217. The molecule has 108 valence electrons. The second kappa shape index (κ2) is 6.50. The van der Waals surface area contributed by atoms with Gasteiger partial charge in [0.15, 0.2) is 0 Å². The van der Waals surface area contributed by atoms with Gasteiger partial charge >= 0.3 is 0 Å². The van der Waals surface area contributed by atoms with Gasteiger partial charge in [0.2, 0.25) is 0 Å². The van der Waals surface area contributed by atoms with Gasteiger partial charge in [-0.05, 0) is 50.6 Å². The number of aromatic nitrogens is 3. The predicted octanol–water partition coefficient (Wildman–Crippen LogP) is 3.57. The van der Waals surface area contributed by atoms with Crippen molar-refractivity contribution in [2.24, 2.45) is 0 Å². The predicted molar refractivity (Wildman–Crippen MR) is 85.3 cm³/mol. The molecule has 0 fully saturated rings. The molecule has 20 heavy (non-hydrogen) atoms. The molecule has 1 heterocycles. The first-order chi connectivity index (χ1) is 9.58. The first kappa shape index (κ1) is 15.2. The molecule has 2 aromatic rings. The largest absolute Gasteiger partial charge is 0.309 e. The van der Waals surface area contributed by atoms with E-state index < -0.39 is 0 Å². The van der Waals surface area contributed by atoms with Crippen molar-refractivity contribution in [1.29, 1.82) is 0 Å². The molecule has 5 heteroatoms. The van der Waals surface area contributed by atoms with Gasteiger partial charge in [-0.15, -0.1) is 5.10 Å². The number of rotatable bonds is 5. The SMILES string of the molecule is CCNC(C)c1nnn(-c2ccc(Br)cc2CC)c1C. The number of nitrogens with zero attached hydrogens (tertiary/aromatic N) is 3. The van der Waals surface area contributed by atoms with E-state index in [4.69, 9.17) is 0 Å². The van der Waals surface area contributed by atoms with E-state index in [1.165, 1.54) is 5.56 Å². The number of benzene rings is 1. The van der Waals surface area contributed by atoms with Gasteiger partial charge in [0.05, 0.1) is 17.4 Å². The van der Waals surface area contributed by atoms with E-state index in [0.717, 1.165) is 34.5 Å². The molecule has 0 aliphatic heterocycles. The molecule has 1 aromatic carbocycles. The minimum Gasteiger partial charge on any atom is -0.309 e. The Balaban J connectivity index is 2.44. The van der Waals surface area contributed by atoms with Crippen LogP contribution in [0, 0.1) is 6.92 Å². The molecule has 0 aliphatic carbocycles. The maximum absolute atomic E-state index is 4.35. The fourth-order valence-corrected chi connectivity index (χ4v) is 2.82. The quantitative estimate of drug-likeness (QED) is 0.907. The first-order valence-corrected chi connectivity index (χ1v) is 7.82. The van der Waals surface area contributed by atoms with Gasteiger partial charge in [0.1, 0.15) is 5.69 Å². The Kier molecular flexibility index (Phi) is 4.94. The summed E-state index contributed by atoms with van der Waals surface area (Å²) in [5.74, 6) is 0. The van der Waals surface area contributed by atoms with E-state index in [1.807, 2.05) is 10.7 Å². The highest BCUT2D eigenvalue weighted by Crippen LogP contribution is 2.23. The van der Waals surface area contributed by atoms with Gasteiger partial charge in [-0.25, -0.2) is 4.68 Å². The second-order valence-corrected chi connectivity index (χ2v) is 5.79. The van der Waals surface area contributed by atoms with Crippen LogP contribution in [0.3, 0.4) is 0 Å². The zero-order chi connectivity index (χ0) is 14.7. The average molecular weight is 337 g/mol. The molecule has 0 saturated carbocycles. The van der Waals surface area contributed by atoms with Gasteiger partial charge < -0.3 is 5.32 Å². The van der Waals surface area contributed by atoms with Gasteiger partial charge in [0, 0.05) is 4.47 Å². The zero-order valence-electron chi connectivity index (χ0n) is 12.4. The third-order valence-corrected chi connectivity index (χ3v) is 3.99. The molecule has 0 spiro atoms. The number of hydrogen-bond acceptors (Lipinski definition) is 3. The van der Waals surface area contributed by atoms with Crippen LogP contribution >= 0.6 is 15.9 Å². The third-order valence-electron chi connectivity index (χ3n) is 3.50. The normalized spacial score (nSPS) is 12.7. The van der Waals surface area contributed by atoms with E-state index in [2.05, 4.69) is 71.4 Å². The van der Waals surface area contributed by atoms with E-state index in [-0.39, 0.29) is 6.04 Å². The molecule has 1 unspecified atom stereocenters. The van der Waals surface area contributed by atoms with E-state index in [0.29, 0.717) is 0 Å². The van der Waals surface area contributed by atoms with Gasteiger partial charge in [-0.1, -0.05) is 35.0 Å². The summed E-state index contributed by atoms with van der Waals surface area (Å²) in [4.78, 5) is 0. The molecule has 0 saturated heterocycles. The Morgan fingerprint density at radius 3 is 2.75 bits per heavy atom. The molecular weight excluding hydrogens is 316 g/mol. The molecule has 1 aromatic heterocycles. The van der Waals surface area contributed by atoms with Gasteiger partial charge in [0.25, 0.3) is 0 Å². The topological polar surface area (TPSA) is 42.7 Å². The van der Waals surface area contributed by atoms with Crippen molar-refractivity contribution >= 4 is 15.9 Å². The number of aryl methyl sites for hydroxylation is 1. The molecule has 1 atom stereocenters. The molecule has 2 rings (SSSR count). The highest BCUT2D eigenvalue weighted by molar-refractivity contribution is 9.10. The van der Waals surface area contributed by atoms with E-state index >= 15 is 0 Å². The second-order valence-electron chi connectivity index (χ2n) is 4.88. The van der Waals surface area contributed by atoms with E-state index in [1.54, 1.807) is 0 Å². The van der Waals surface area contributed by atoms with Gasteiger partial charge in [-0.3, -0.25) is 0 Å². The van der Waals surface area contributed by atoms with Crippen molar-refractivity contribution in [3.8, 4) is 5.69 Å². The van der Waals surface area contributed by atoms with Crippen LogP contribution in [0.5, 0.6) is 0 Å². The summed E-state index contributed by atoms with van der Waals surface area (Å²) in [6.07, 6.45) is 0.964. The van der Waals surface area contributed by atoms with Crippen LogP contribution in [0.1, 0.15) is 43.8 Å². The van der Waals surface area contributed by atoms with Crippen LogP contribution in [0.25, 0.3) is 5.69 Å². The lowest BCUT2D eigenvalue weighted by molar-refractivity contribution is 0.579. The van der Waals surface area contributed by atoms with Crippen LogP contribution in [0.4, 0.5) is 0 Å². The maximum atomic E-state index is 4.35. The fourth-order valence-electron chi connectivity index (χ4n) is 2.42. The van der Waals surface area contributed by atoms with Crippen molar-refractivity contribution in [1.82, 2.24) is 20.3 Å². The van der Waals surface area contributed by atoms with Crippen LogP contribution in [0.2, 0.25) is 0 Å². The van der Waals surface area contributed by atoms with Crippen molar-refractivity contribution in [2.75, 3.05) is 6.54 Å². The average Bonchev–Trinajstić information content (AvgIpc) is 2.80. The van der Waals surface area contributed by atoms with Gasteiger partial charge in [-0.2, -0.15) is 0 Å². The molecule has 4 nitrogen and oxygen atoms in total. The molecule has 0 aliphatic rings. The third kappa shape index (κ3) is 2.94. The maximum Gasteiger partial charge on any atom is 0.103 e. The highest BCUT2D eigenvalue weighted by Gasteiger charge is 2.16. The lowest BCUT2D eigenvalue weighted by Gasteiger charge is -2.12. The molecule has 0 amide bonds. The number of halogens is 1. The monoisotopic (exact) mass is 336 g/mol. The highest BCUT2D eigenvalue weighted by atomic mass is 79.9. The fraction of sp³-hybridized carbons (Fsp3) is 0.467. The summed E-state index contributed by atoms with van der Waals surface area (Å²) in [6.45, 7) is 9.36. The van der Waals surface area contributed by atoms with Crippen molar-refractivity contribution in [3.63, 3.8) is 0 Å². The van der Waals surface area contributed by atoms with Crippen molar-refractivity contribution in [3.05, 3.63) is 39.6 Å². The van der Waals surface area contributed by atoms with Crippen LogP contribution < -0.4 is 5.32 Å². The minimum absolute atomic E-state index is 0.217. The number of nitrogens with one attached hydrogen (secondary N) is 1. The Morgan fingerprint density at radius 2 is 2.10 bits per heavy atom. The first-order valence-electron chi connectivity index (χ1n) is 7.02. The van der Waals surface area contributed by atoms with Crippen LogP contribution in [0.15, 0.2) is 22.7 Å². The Labute approximate surface area is 128 Å². The van der Waals surface area contributed by atoms with E-state index in [9.17, 15) is 0 Å². The number of hydrogen-bond donors (Lipinski definition) is 1. The Morgan fingerprint density at radius 1 is 1.35 bits per heavy atom. The summed E-state index contributed by atoms with van der Waals surface area (Å²) in [6, 6.07) is 6.49. The zero-order valence-corrected chi connectivity index (χ0v) is 14.0. The molecular formula is C15H21BrN4. The smallest absolute Gasteiger partial charge is 0.103 e. The Bertz CT molecular complexity index is 592. The summed E-state index contributed by atoms with van der Waals surface area (Å²) in [7, 11) is 0. The van der Waals surface area contributed by atoms with Crippen LogP contribution in [-0.4, -0.2) is 21.5 Å². The summed E-state index contributed by atoms with van der Waals surface area (Å²) in [5.41, 5.74) is 4.47. The lowest BCUT2D eigenvalue weighted by Crippen LogP contribution is -2.19. The Hall–Kier alpha value is -1.20. The summed E-state index contributed by atoms with van der Waals surface area (Å²) in [5, 5.41) is 12.1. The standard InChI is InChI=1S/C15H21BrN4/c1-5-12-9-13(16)7-8-14(12)20-11(4)15(18-19-20)10(3)17-6-2/h7-10,17H,5-6H2,1-4H3. The van der Waals surface area contributed by atoms with Crippen molar-refractivity contribution in [2.45, 2.75) is 40.2 Å². The summed E-state index contributed by atoms with van der Waals surface area (Å²) >= 11 is 3.52. The lowest BCUT2D eigenvalue weighted by atomic mass is 10.1.